The third-order valence-corrected chi connectivity index (χ3v) is 8.20. The average molecular weight is 449 g/mol. The van der Waals surface area contributed by atoms with E-state index in [1.165, 1.54) is 28.7 Å². The van der Waals surface area contributed by atoms with Crippen LogP contribution in [-0.4, -0.2) is 67.4 Å². The van der Waals surface area contributed by atoms with Gasteiger partial charge in [0.05, 0.1) is 0 Å². The molecule has 2 saturated heterocycles. The van der Waals surface area contributed by atoms with E-state index in [-0.39, 0.29) is 16.6 Å². The van der Waals surface area contributed by atoms with Gasteiger partial charge in [0.2, 0.25) is 10.0 Å². The maximum absolute atomic E-state index is 13.1. The molecule has 31 heavy (non-hydrogen) atoms. The Kier molecular flexibility index (Phi) is 6.07. The first-order valence-corrected chi connectivity index (χ1v) is 12.2. The summed E-state index contributed by atoms with van der Waals surface area (Å²) in [4.78, 5) is 17.1. The van der Waals surface area contributed by atoms with Gasteiger partial charge in [-0.3, -0.25) is 4.79 Å². The first-order valence-electron chi connectivity index (χ1n) is 10.7. The van der Waals surface area contributed by atoms with E-state index in [0.717, 1.165) is 18.5 Å². The number of amides is 1. The number of rotatable bonds is 4. The third kappa shape index (κ3) is 4.48. The highest BCUT2D eigenvalue weighted by Crippen LogP contribution is 2.25. The van der Waals surface area contributed by atoms with E-state index in [1.54, 1.807) is 28.6 Å². The van der Waals surface area contributed by atoms with Gasteiger partial charge >= 0.3 is 0 Å². The number of nitrogens with zero attached hydrogens (tertiary/aromatic N) is 4. The highest BCUT2D eigenvalue weighted by Gasteiger charge is 2.31. The molecule has 2 aliphatic rings. The second kappa shape index (κ2) is 8.63. The lowest BCUT2D eigenvalue weighted by Gasteiger charge is -2.36. The van der Waals surface area contributed by atoms with Gasteiger partial charge in [-0.2, -0.15) is 4.31 Å². The molecule has 2 aliphatic heterocycles. The van der Waals surface area contributed by atoms with Crippen molar-refractivity contribution in [1.29, 1.82) is 0 Å². The Morgan fingerprint density at radius 1 is 1.00 bits per heavy atom. The van der Waals surface area contributed by atoms with Crippen molar-refractivity contribution in [2.45, 2.75) is 24.7 Å². The molecule has 1 amide bonds. The minimum Gasteiger partial charge on any atom is -0.368 e. The molecule has 9 heteroatoms. The van der Waals surface area contributed by atoms with Crippen molar-refractivity contribution in [2.75, 3.05) is 44.2 Å². The summed E-state index contributed by atoms with van der Waals surface area (Å²) in [6.45, 7) is 5.50. The zero-order valence-corrected chi connectivity index (χ0v) is 18.8. The highest BCUT2D eigenvalue weighted by atomic mass is 32.2. The molecule has 1 aromatic heterocycles. The van der Waals surface area contributed by atoms with Crippen molar-refractivity contribution in [3.63, 3.8) is 0 Å². The largest absolute Gasteiger partial charge is 0.368 e. The lowest BCUT2D eigenvalue weighted by molar-refractivity contribution is 0.0737. The number of sulfonamides is 1. The maximum Gasteiger partial charge on any atom is 0.270 e. The number of hydrogen-bond donors (Lipinski definition) is 0. The van der Waals surface area contributed by atoms with Crippen molar-refractivity contribution in [3.05, 3.63) is 48.0 Å². The van der Waals surface area contributed by atoms with Gasteiger partial charge < -0.3 is 14.4 Å². The average Bonchev–Trinajstić information content (AvgIpc) is 3.17. The van der Waals surface area contributed by atoms with Gasteiger partial charge in [0.15, 0.2) is 0 Å². The van der Waals surface area contributed by atoms with Gasteiger partial charge in [0, 0.05) is 58.2 Å². The molecule has 2 fully saturated rings. The molecular formula is C22H29FN4O3S. The molecule has 0 unspecified atom stereocenters. The molecule has 7 nitrogen and oxygen atoms in total. The molecular weight excluding hydrogens is 419 g/mol. The molecule has 0 spiro atoms. The molecule has 2 aromatic rings. The lowest BCUT2D eigenvalue weighted by atomic mass is 10.0. The van der Waals surface area contributed by atoms with Gasteiger partial charge in [-0.25, -0.2) is 12.8 Å². The Morgan fingerprint density at radius 3 is 2.23 bits per heavy atom. The molecule has 0 aliphatic carbocycles. The predicted octanol–water partition coefficient (Wildman–Crippen LogP) is 2.55. The first-order chi connectivity index (χ1) is 14.8. The number of aromatic nitrogens is 1. The van der Waals surface area contributed by atoms with Gasteiger partial charge in [-0.15, -0.1) is 0 Å². The number of piperazine rings is 1. The second-order valence-electron chi connectivity index (χ2n) is 8.51. The Labute approximate surface area is 183 Å². The summed E-state index contributed by atoms with van der Waals surface area (Å²) in [5, 5.41) is 0. The van der Waals surface area contributed by atoms with Crippen LogP contribution in [0.15, 0.2) is 41.4 Å². The highest BCUT2D eigenvalue weighted by molar-refractivity contribution is 7.89. The third-order valence-electron chi connectivity index (χ3n) is 6.34. The minimum atomic E-state index is -3.60. The van der Waals surface area contributed by atoms with E-state index in [2.05, 4.69) is 11.8 Å². The maximum atomic E-state index is 13.1. The Hall–Kier alpha value is -2.39. The molecule has 168 valence electrons. The quantitative estimate of drug-likeness (QED) is 0.721. The van der Waals surface area contributed by atoms with E-state index < -0.39 is 10.0 Å². The van der Waals surface area contributed by atoms with E-state index in [0.29, 0.717) is 50.9 Å². The second-order valence-corrected chi connectivity index (χ2v) is 10.5. The van der Waals surface area contributed by atoms with Crippen molar-refractivity contribution < 1.29 is 17.6 Å². The number of aryl methyl sites for hydroxylation is 1. The fraction of sp³-hybridized carbons (Fsp3) is 0.500. The Morgan fingerprint density at radius 2 is 1.61 bits per heavy atom. The Bertz CT molecular complexity index is 1040. The van der Waals surface area contributed by atoms with Crippen molar-refractivity contribution in [2.24, 2.45) is 13.0 Å². The van der Waals surface area contributed by atoms with Crippen LogP contribution >= 0.6 is 0 Å². The summed E-state index contributed by atoms with van der Waals surface area (Å²) in [5.74, 6) is 0.0917. The van der Waals surface area contributed by atoms with E-state index in [9.17, 15) is 17.6 Å². The number of hydrogen-bond acceptors (Lipinski definition) is 4. The van der Waals surface area contributed by atoms with E-state index >= 15 is 0 Å². The number of halogens is 1. The summed E-state index contributed by atoms with van der Waals surface area (Å²) in [7, 11) is -1.89. The summed E-state index contributed by atoms with van der Waals surface area (Å²) in [6, 6.07) is 7.84. The SMILES string of the molecule is CC1CCN(S(=O)(=O)c2cc(C(=O)N3CCN(c4ccc(F)cc4)CC3)n(C)c2)CC1. The molecule has 0 bridgehead atoms. The normalized spacial score (nSPS) is 19.1. The first kappa shape index (κ1) is 21.8. The number of carbonyl (C=O) groups is 1. The van der Waals surface area contributed by atoms with E-state index in [1.807, 2.05) is 0 Å². The summed E-state index contributed by atoms with van der Waals surface area (Å²) in [6.07, 6.45) is 3.25. The molecule has 4 rings (SSSR count). The molecule has 0 N–H and O–H groups in total. The van der Waals surface area contributed by atoms with Crippen LogP contribution in [0, 0.1) is 11.7 Å². The zero-order chi connectivity index (χ0) is 22.2. The van der Waals surface area contributed by atoms with Gasteiger partial charge in [-0.1, -0.05) is 6.92 Å². The minimum absolute atomic E-state index is 0.171. The smallest absolute Gasteiger partial charge is 0.270 e. The van der Waals surface area contributed by atoms with Crippen LogP contribution in [-0.2, 0) is 17.1 Å². The molecule has 0 saturated carbocycles. The molecule has 0 radical (unpaired) electrons. The summed E-state index contributed by atoms with van der Waals surface area (Å²) in [5.41, 5.74) is 1.30. The summed E-state index contributed by atoms with van der Waals surface area (Å²) < 4.78 is 42.4. The van der Waals surface area contributed by atoms with Crippen molar-refractivity contribution >= 4 is 21.6 Å². The van der Waals surface area contributed by atoms with Gasteiger partial charge in [0.25, 0.3) is 5.91 Å². The Balaban J connectivity index is 1.44. The monoisotopic (exact) mass is 448 g/mol. The fourth-order valence-corrected chi connectivity index (χ4v) is 5.79. The number of carbonyl (C=O) groups excluding carboxylic acids is 1. The van der Waals surface area contributed by atoms with Crippen LogP contribution < -0.4 is 4.90 Å². The van der Waals surface area contributed by atoms with Crippen LogP contribution in [0.4, 0.5) is 10.1 Å². The standard InChI is InChI=1S/C22H29FN4O3S/c1-17-7-9-27(10-8-17)31(29,30)20-15-21(24(2)16-20)22(28)26-13-11-25(12-14-26)19-5-3-18(23)4-6-19/h3-6,15-17H,7-14H2,1-2H3. The predicted molar refractivity (Wildman–Crippen MR) is 117 cm³/mol. The molecule has 3 heterocycles. The molecule has 1 aromatic carbocycles. The van der Waals surface area contributed by atoms with Crippen LogP contribution in [0.1, 0.15) is 30.3 Å². The number of piperidine rings is 1. The van der Waals surface area contributed by atoms with Crippen molar-refractivity contribution in [1.82, 2.24) is 13.8 Å². The van der Waals surface area contributed by atoms with Crippen LogP contribution in [0.2, 0.25) is 0 Å². The van der Waals surface area contributed by atoms with Gasteiger partial charge in [0.1, 0.15) is 16.4 Å². The fourth-order valence-electron chi connectivity index (χ4n) is 4.24. The van der Waals surface area contributed by atoms with Crippen LogP contribution in [0.3, 0.4) is 0 Å². The van der Waals surface area contributed by atoms with E-state index in [4.69, 9.17) is 0 Å². The molecule has 0 atom stereocenters. The summed E-state index contributed by atoms with van der Waals surface area (Å²) >= 11 is 0. The van der Waals surface area contributed by atoms with Crippen molar-refractivity contribution in [3.8, 4) is 0 Å². The van der Waals surface area contributed by atoms with Crippen LogP contribution in [0.5, 0.6) is 0 Å². The number of benzene rings is 1. The topological polar surface area (TPSA) is 65.9 Å². The van der Waals surface area contributed by atoms with Crippen LogP contribution in [0.25, 0.3) is 0 Å². The number of anilines is 1. The zero-order valence-electron chi connectivity index (χ0n) is 18.0. The van der Waals surface area contributed by atoms with Gasteiger partial charge in [-0.05, 0) is 49.1 Å². The lowest BCUT2D eigenvalue weighted by Crippen LogP contribution is -2.49.